The molecule has 1 aromatic heterocycles. The van der Waals surface area contributed by atoms with E-state index in [4.69, 9.17) is 0 Å². The van der Waals surface area contributed by atoms with Crippen LogP contribution in [0.15, 0.2) is 29.4 Å². The standard InChI is InChI=1S/C14H16F2N4O2S/c1-2-5-11-18-14(20-19-11)23-8-12(21)17-9-6-3-4-7-10(9)22-13(15)16/h3-4,6-7,13H,2,5,8H2,1H3,(H,17,21)(H,18,19,20). The number of H-pyrrole nitrogens is 1. The average Bonchev–Trinajstić information content (AvgIpc) is 2.95. The van der Waals surface area contributed by atoms with Crippen molar-refractivity contribution < 1.29 is 18.3 Å². The van der Waals surface area contributed by atoms with E-state index in [1.807, 2.05) is 6.92 Å². The fourth-order valence-corrected chi connectivity index (χ4v) is 2.39. The molecular formula is C14H16F2N4O2S. The number of hydrogen-bond donors (Lipinski definition) is 2. The Bertz CT molecular complexity index is 651. The molecule has 0 aliphatic heterocycles. The number of para-hydroxylation sites is 2. The van der Waals surface area contributed by atoms with Crippen molar-refractivity contribution in [1.82, 2.24) is 15.2 Å². The monoisotopic (exact) mass is 342 g/mol. The number of hydrogen-bond acceptors (Lipinski definition) is 5. The number of nitrogens with one attached hydrogen (secondary N) is 2. The Morgan fingerprint density at radius 1 is 1.43 bits per heavy atom. The van der Waals surface area contributed by atoms with Crippen LogP contribution >= 0.6 is 11.8 Å². The second-order valence-corrected chi connectivity index (χ2v) is 5.47. The minimum atomic E-state index is -2.95. The highest BCUT2D eigenvalue weighted by Gasteiger charge is 2.12. The molecule has 124 valence electrons. The Hall–Kier alpha value is -2.16. The molecular weight excluding hydrogens is 326 g/mol. The van der Waals surface area contributed by atoms with E-state index in [0.717, 1.165) is 30.4 Å². The third kappa shape index (κ3) is 5.51. The first-order chi connectivity index (χ1) is 11.1. The quantitative estimate of drug-likeness (QED) is 0.721. The van der Waals surface area contributed by atoms with E-state index in [0.29, 0.717) is 5.16 Å². The third-order valence-electron chi connectivity index (χ3n) is 2.71. The van der Waals surface area contributed by atoms with Gasteiger partial charge in [-0.15, -0.1) is 5.10 Å². The molecule has 23 heavy (non-hydrogen) atoms. The number of aromatic nitrogens is 3. The summed E-state index contributed by atoms with van der Waals surface area (Å²) in [5, 5.41) is 9.79. The van der Waals surface area contributed by atoms with Crippen molar-refractivity contribution in [3.05, 3.63) is 30.1 Å². The average molecular weight is 342 g/mol. The van der Waals surface area contributed by atoms with E-state index in [9.17, 15) is 13.6 Å². The van der Waals surface area contributed by atoms with Crippen molar-refractivity contribution in [3.63, 3.8) is 0 Å². The molecule has 1 heterocycles. The lowest BCUT2D eigenvalue weighted by Gasteiger charge is -2.11. The molecule has 1 amide bonds. The van der Waals surface area contributed by atoms with Gasteiger partial charge in [0.2, 0.25) is 11.1 Å². The van der Waals surface area contributed by atoms with E-state index in [2.05, 4.69) is 25.2 Å². The van der Waals surface area contributed by atoms with Gasteiger partial charge in [-0.05, 0) is 18.6 Å². The van der Waals surface area contributed by atoms with Crippen LogP contribution in [-0.2, 0) is 11.2 Å². The second-order valence-electron chi connectivity index (χ2n) is 4.53. The summed E-state index contributed by atoms with van der Waals surface area (Å²) < 4.78 is 29.0. The van der Waals surface area contributed by atoms with Crippen molar-refractivity contribution in [1.29, 1.82) is 0 Å². The molecule has 0 saturated carbocycles. The zero-order chi connectivity index (χ0) is 16.7. The smallest absolute Gasteiger partial charge is 0.387 e. The third-order valence-corrected chi connectivity index (χ3v) is 3.55. The van der Waals surface area contributed by atoms with Crippen LogP contribution in [-0.4, -0.2) is 33.5 Å². The normalized spacial score (nSPS) is 10.8. The first-order valence-corrected chi connectivity index (χ1v) is 7.94. The lowest BCUT2D eigenvalue weighted by Crippen LogP contribution is -2.15. The Morgan fingerprint density at radius 3 is 2.96 bits per heavy atom. The molecule has 2 rings (SSSR count). The minimum Gasteiger partial charge on any atom is -0.433 e. The van der Waals surface area contributed by atoms with E-state index in [1.54, 1.807) is 12.1 Å². The Labute approximate surface area is 136 Å². The fourth-order valence-electron chi connectivity index (χ4n) is 1.78. The number of aryl methyl sites for hydroxylation is 1. The molecule has 0 atom stereocenters. The van der Waals surface area contributed by atoms with Gasteiger partial charge in [0.1, 0.15) is 11.6 Å². The maximum Gasteiger partial charge on any atom is 0.387 e. The molecule has 0 spiro atoms. The summed E-state index contributed by atoms with van der Waals surface area (Å²) in [6.07, 6.45) is 1.73. The van der Waals surface area contributed by atoms with Gasteiger partial charge < -0.3 is 10.1 Å². The van der Waals surface area contributed by atoms with Crippen molar-refractivity contribution in [3.8, 4) is 5.75 Å². The number of halogens is 2. The first kappa shape index (κ1) is 17.2. The number of rotatable bonds is 8. The van der Waals surface area contributed by atoms with Crippen LogP contribution in [0.1, 0.15) is 19.2 Å². The number of ether oxygens (including phenoxy) is 1. The zero-order valence-electron chi connectivity index (χ0n) is 12.4. The number of thioether (sulfide) groups is 1. The highest BCUT2D eigenvalue weighted by molar-refractivity contribution is 7.99. The van der Waals surface area contributed by atoms with E-state index < -0.39 is 6.61 Å². The van der Waals surface area contributed by atoms with Crippen molar-refractivity contribution >= 4 is 23.4 Å². The van der Waals surface area contributed by atoms with Gasteiger partial charge in [-0.2, -0.15) is 8.78 Å². The van der Waals surface area contributed by atoms with Gasteiger partial charge >= 0.3 is 6.61 Å². The summed E-state index contributed by atoms with van der Waals surface area (Å²) in [5.41, 5.74) is 0.194. The van der Waals surface area contributed by atoms with Crippen LogP contribution in [0.2, 0.25) is 0 Å². The van der Waals surface area contributed by atoms with Crippen LogP contribution in [0.25, 0.3) is 0 Å². The molecule has 2 N–H and O–H groups in total. The lowest BCUT2D eigenvalue weighted by molar-refractivity contribution is -0.113. The maximum atomic E-state index is 12.3. The van der Waals surface area contributed by atoms with Crippen molar-refractivity contribution in [2.24, 2.45) is 0 Å². The van der Waals surface area contributed by atoms with Crippen LogP contribution in [0.5, 0.6) is 5.75 Å². The molecule has 6 nitrogen and oxygen atoms in total. The molecule has 0 unspecified atom stereocenters. The Kier molecular flexibility index (Phi) is 6.33. The van der Waals surface area contributed by atoms with Gasteiger partial charge in [-0.25, -0.2) is 4.98 Å². The number of carbonyl (C=O) groups excluding carboxylic acids is 1. The van der Waals surface area contributed by atoms with Gasteiger partial charge in [0.25, 0.3) is 0 Å². The van der Waals surface area contributed by atoms with Crippen LogP contribution in [0.3, 0.4) is 0 Å². The number of carbonyl (C=O) groups is 1. The molecule has 9 heteroatoms. The van der Waals surface area contributed by atoms with Gasteiger partial charge in [-0.3, -0.25) is 9.89 Å². The molecule has 0 radical (unpaired) electrons. The van der Waals surface area contributed by atoms with Gasteiger partial charge in [-0.1, -0.05) is 30.8 Å². The summed E-state index contributed by atoms with van der Waals surface area (Å²) in [4.78, 5) is 16.1. The molecule has 0 fully saturated rings. The number of alkyl halides is 2. The minimum absolute atomic E-state index is 0.0619. The van der Waals surface area contributed by atoms with Crippen molar-refractivity contribution in [2.45, 2.75) is 31.5 Å². The van der Waals surface area contributed by atoms with Crippen LogP contribution in [0, 0.1) is 0 Å². The summed E-state index contributed by atoms with van der Waals surface area (Å²) in [5.74, 6) is 0.393. The predicted octanol–water partition coefficient (Wildman–Crippen LogP) is 3.09. The Morgan fingerprint density at radius 2 is 2.22 bits per heavy atom. The van der Waals surface area contributed by atoms with Gasteiger partial charge in [0, 0.05) is 6.42 Å². The second kappa shape index (κ2) is 8.47. The lowest BCUT2D eigenvalue weighted by atomic mass is 10.3. The topological polar surface area (TPSA) is 79.9 Å². The van der Waals surface area contributed by atoms with Crippen LogP contribution in [0.4, 0.5) is 14.5 Å². The highest BCUT2D eigenvalue weighted by Crippen LogP contribution is 2.25. The largest absolute Gasteiger partial charge is 0.433 e. The van der Waals surface area contributed by atoms with E-state index >= 15 is 0 Å². The van der Waals surface area contributed by atoms with E-state index in [1.165, 1.54) is 12.1 Å². The number of amides is 1. The summed E-state index contributed by atoms with van der Waals surface area (Å²) in [7, 11) is 0. The van der Waals surface area contributed by atoms with Crippen molar-refractivity contribution in [2.75, 3.05) is 11.1 Å². The van der Waals surface area contributed by atoms with E-state index in [-0.39, 0.29) is 23.1 Å². The molecule has 1 aromatic carbocycles. The van der Waals surface area contributed by atoms with Gasteiger partial charge in [0.15, 0.2) is 0 Å². The fraction of sp³-hybridized carbons (Fsp3) is 0.357. The Balaban J connectivity index is 1.89. The number of nitrogens with zero attached hydrogens (tertiary/aromatic N) is 2. The first-order valence-electron chi connectivity index (χ1n) is 6.96. The molecule has 2 aromatic rings. The highest BCUT2D eigenvalue weighted by atomic mass is 32.2. The number of aromatic amines is 1. The molecule has 0 saturated heterocycles. The maximum absolute atomic E-state index is 12.3. The number of benzene rings is 1. The predicted molar refractivity (Wildman–Crippen MR) is 82.8 cm³/mol. The van der Waals surface area contributed by atoms with Crippen LogP contribution < -0.4 is 10.1 Å². The summed E-state index contributed by atoms with van der Waals surface area (Å²) in [6, 6.07) is 6.02. The summed E-state index contributed by atoms with van der Waals surface area (Å²) in [6.45, 7) is -0.922. The molecule has 0 aliphatic carbocycles. The SMILES string of the molecule is CCCc1nc(SCC(=O)Nc2ccccc2OC(F)F)n[nH]1. The zero-order valence-corrected chi connectivity index (χ0v) is 13.2. The number of anilines is 1. The van der Waals surface area contributed by atoms with Gasteiger partial charge in [0.05, 0.1) is 11.4 Å². The summed E-state index contributed by atoms with van der Waals surface area (Å²) >= 11 is 1.16. The molecule has 0 bridgehead atoms. The molecule has 0 aliphatic rings.